The number of nitrogens with zero attached hydrogens (tertiary/aromatic N) is 4. The molecule has 12 heteroatoms. The number of hydrogen-bond acceptors (Lipinski definition) is 6. The maximum Gasteiger partial charge on any atom is 0.405 e. The van der Waals surface area contributed by atoms with Gasteiger partial charge in [-0.15, -0.1) is 0 Å². The summed E-state index contributed by atoms with van der Waals surface area (Å²) in [4.78, 5) is 20.8. The highest BCUT2D eigenvalue weighted by Crippen LogP contribution is 2.25. The number of nitrogens with two attached hydrogens (primary N) is 2. The SMILES string of the molecule is NC=C(C=NC(CN)c1ccccc1)c1cnn2c(-c3cccc(NC(=O)NCC(F)(F)F)c3)cnc2c1. The summed E-state index contributed by atoms with van der Waals surface area (Å²) < 4.78 is 38.6. The number of benzene rings is 2. The first-order valence-corrected chi connectivity index (χ1v) is 11.5. The standard InChI is InChI=1S/C26H25F3N8O/c27-26(28,29)16-34-25(38)36-21-8-4-7-18(9-21)23-15-33-24-10-19(14-35-37(23)24)20(11-30)13-32-22(12-31)17-5-2-1-3-6-17/h1-11,13-15,22H,12,16,30-31H2,(H2,34,36,38). The Morgan fingerprint density at radius 1 is 1.11 bits per heavy atom. The van der Waals surface area contributed by atoms with Crippen LogP contribution in [0.1, 0.15) is 17.2 Å². The molecule has 4 rings (SSSR count). The molecule has 0 saturated carbocycles. The Balaban J connectivity index is 1.53. The average Bonchev–Trinajstić information content (AvgIpc) is 3.34. The predicted molar refractivity (Wildman–Crippen MR) is 140 cm³/mol. The molecule has 0 aliphatic carbocycles. The van der Waals surface area contributed by atoms with Crippen LogP contribution in [0.15, 0.2) is 84.2 Å². The number of nitrogens with one attached hydrogen (secondary N) is 2. The number of hydrogen-bond donors (Lipinski definition) is 4. The molecule has 196 valence electrons. The van der Waals surface area contributed by atoms with Gasteiger partial charge in [-0.2, -0.15) is 18.3 Å². The molecule has 0 radical (unpaired) electrons. The summed E-state index contributed by atoms with van der Waals surface area (Å²) in [5.41, 5.74) is 16.2. The fraction of sp³-hybridized carbons (Fsp3) is 0.154. The number of halogens is 3. The van der Waals surface area contributed by atoms with E-state index >= 15 is 0 Å². The van der Waals surface area contributed by atoms with Gasteiger partial charge in [0.2, 0.25) is 0 Å². The summed E-state index contributed by atoms with van der Waals surface area (Å²) in [7, 11) is 0. The molecule has 4 aromatic rings. The number of carbonyl (C=O) groups is 1. The van der Waals surface area contributed by atoms with Gasteiger partial charge in [-0.25, -0.2) is 14.3 Å². The largest absolute Gasteiger partial charge is 0.405 e. The van der Waals surface area contributed by atoms with Crippen LogP contribution in [0.4, 0.5) is 23.7 Å². The second kappa shape index (κ2) is 11.6. The Morgan fingerprint density at radius 3 is 2.61 bits per heavy atom. The Kier molecular flexibility index (Phi) is 8.02. The van der Waals surface area contributed by atoms with Crippen molar-refractivity contribution in [3.8, 4) is 11.3 Å². The molecule has 0 bridgehead atoms. The summed E-state index contributed by atoms with van der Waals surface area (Å²) in [6.07, 6.45) is 1.81. The molecule has 0 fully saturated rings. The number of carbonyl (C=O) groups excluding carboxylic acids is 1. The molecule has 0 saturated heterocycles. The van der Waals surface area contributed by atoms with Crippen LogP contribution in [0.3, 0.4) is 0 Å². The maximum absolute atomic E-state index is 12.3. The highest BCUT2D eigenvalue weighted by atomic mass is 19.4. The molecule has 0 aliphatic rings. The number of aromatic nitrogens is 3. The molecule has 0 aliphatic heterocycles. The molecule has 2 aromatic carbocycles. The van der Waals surface area contributed by atoms with Crippen LogP contribution in [0.5, 0.6) is 0 Å². The van der Waals surface area contributed by atoms with Gasteiger partial charge < -0.3 is 22.1 Å². The Hall–Kier alpha value is -4.71. The molecule has 2 heterocycles. The van der Waals surface area contributed by atoms with E-state index in [1.165, 1.54) is 6.20 Å². The minimum absolute atomic E-state index is 0.225. The molecule has 9 nitrogen and oxygen atoms in total. The topological polar surface area (TPSA) is 136 Å². The monoisotopic (exact) mass is 522 g/mol. The van der Waals surface area contributed by atoms with Crippen LogP contribution in [0.25, 0.3) is 22.5 Å². The van der Waals surface area contributed by atoms with Crippen LogP contribution in [0.2, 0.25) is 0 Å². The van der Waals surface area contributed by atoms with Crippen molar-refractivity contribution in [2.75, 3.05) is 18.4 Å². The number of fused-ring (bicyclic) bond motifs is 1. The predicted octanol–water partition coefficient (Wildman–Crippen LogP) is 4.15. The van der Waals surface area contributed by atoms with Crippen molar-refractivity contribution in [2.24, 2.45) is 16.5 Å². The van der Waals surface area contributed by atoms with Gasteiger partial charge in [0, 0.05) is 41.3 Å². The number of aliphatic imine (C=N–C) groups is 1. The number of imidazole rings is 1. The van der Waals surface area contributed by atoms with Crippen molar-refractivity contribution < 1.29 is 18.0 Å². The zero-order valence-electron chi connectivity index (χ0n) is 20.1. The van der Waals surface area contributed by atoms with Gasteiger partial charge in [-0.1, -0.05) is 42.5 Å². The number of alkyl halides is 3. The normalized spacial score (nSPS) is 13.1. The van der Waals surface area contributed by atoms with E-state index in [1.807, 2.05) is 30.3 Å². The molecule has 1 unspecified atom stereocenters. The minimum Gasteiger partial charge on any atom is -0.404 e. The van der Waals surface area contributed by atoms with Gasteiger partial charge >= 0.3 is 12.2 Å². The van der Waals surface area contributed by atoms with E-state index in [2.05, 4.69) is 20.4 Å². The van der Waals surface area contributed by atoms with Crippen molar-refractivity contribution >= 4 is 29.2 Å². The zero-order valence-corrected chi connectivity index (χ0v) is 20.1. The Morgan fingerprint density at radius 2 is 1.89 bits per heavy atom. The summed E-state index contributed by atoms with van der Waals surface area (Å²) in [6, 6.07) is 16.9. The van der Waals surface area contributed by atoms with Gasteiger partial charge in [-0.05, 0) is 23.8 Å². The van der Waals surface area contributed by atoms with E-state index in [0.717, 1.165) is 5.56 Å². The van der Waals surface area contributed by atoms with Gasteiger partial charge in [0.25, 0.3) is 0 Å². The third-order valence-corrected chi connectivity index (χ3v) is 5.54. The molecule has 38 heavy (non-hydrogen) atoms. The first-order valence-electron chi connectivity index (χ1n) is 11.5. The number of rotatable bonds is 8. The lowest BCUT2D eigenvalue weighted by molar-refractivity contribution is -0.122. The zero-order chi connectivity index (χ0) is 27.1. The van der Waals surface area contributed by atoms with Crippen LogP contribution in [-0.4, -0.2) is 46.1 Å². The summed E-state index contributed by atoms with van der Waals surface area (Å²) in [6.45, 7) is -1.10. The smallest absolute Gasteiger partial charge is 0.404 e. The molecular formula is C26H25F3N8O. The minimum atomic E-state index is -4.50. The second-order valence-corrected chi connectivity index (χ2v) is 8.22. The summed E-state index contributed by atoms with van der Waals surface area (Å²) in [5.74, 6) is 0. The molecule has 2 aromatic heterocycles. The molecular weight excluding hydrogens is 497 g/mol. The molecule has 1 atom stereocenters. The quantitative estimate of drug-likeness (QED) is 0.258. The number of amides is 2. The van der Waals surface area contributed by atoms with E-state index in [0.29, 0.717) is 40.3 Å². The fourth-order valence-corrected chi connectivity index (χ4v) is 3.69. The van der Waals surface area contributed by atoms with Gasteiger partial charge in [-0.3, -0.25) is 4.99 Å². The van der Waals surface area contributed by atoms with Gasteiger partial charge in [0.05, 0.1) is 24.1 Å². The van der Waals surface area contributed by atoms with E-state index in [4.69, 9.17) is 11.5 Å². The van der Waals surface area contributed by atoms with Crippen molar-refractivity contribution in [3.05, 3.63) is 90.4 Å². The first-order chi connectivity index (χ1) is 18.3. The Labute approximate surface area is 216 Å². The van der Waals surface area contributed by atoms with Crippen molar-refractivity contribution in [1.82, 2.24) is 19.9 Å². The van der Waals surface area contributed by atoms with E-state index < -0.39 is 18.8 Å². The number of anilines is 1. The lowest BCUT2D eigenvalue weighted by Crippen LogP contribution is -2.36. The maximum atomic E-state index is 12.3. The van der Waals surface area contributed by atoms with Crippen LogP contribution < -0.4 is 22.1 Å². The molecule has 2 amide bonds. The van der Waals surface area contributed by atoms with E-state index in [-0.39, 0.29) is 6.04 Å². The first kappa shape index (κ1) is 26.4. The second-order valence-electron chi connectivity index (χ2n) is 8.22. The highest BCUT2D eigenvalue weighted by Gasteiger charge is 2.27. The molecule has 6 N–H and O–H groups in total. The van der Waals surface area contributed by atoms with Crippen LogP contribution in [0, 0.1) is 0 Å². The average molecular weight is 523 g/mol. The van der Waals surface area contributed by atoms with Gasteiger partial charge in [0.15, 0.2) is 5.65 Å². The van der Waals surface area contributed by atoms with E-state index in [1.54, 1.807) is 58.8 Å². The summed E-state index contributed by atoms with van der Waals surface area (Å²) >= 11 is 0. The Bertz CT molecular complexity index is 1460. The van der Waals surface area contributed by atoms with Crippen molar-refractivity contribution in [2.45, 2.75) is 12.2 Å². The van der Waals surface area contributed by atoms with Crippen molar-refractivity contribution in [1.29, 1.82) is 0 Å². The molecule has 0 spiro atoms. The van der Waals surface area contributed by atoms with E-state index in [9.17, 15) is 18.0 Å². The van der Waals surface area contributed by atoms with Gasteiger partial charge in [0.1, 0.15) is 6.54 Å². The third kappa shape index (κ3) is 6.53. The lowest BCUT2D eigenvalue weighted by Gasteiger charge is -2.11. The highest BCUT2D eigenvalue weighted by molar-refractivity contribution is 6.09. The number of urea groups is 1. The lowest BCUT2D eigenvalue weighted by atomic mass is 10.1. The van der Waals surface area contributed by atoms with Crippen molar-refractivity contribution in [3.63, 3.8) is 0 Å². The van der Waals surface area contributed by atoms with Crippen LogP contribution in [-0.2, 0) is 0 Å². The fourth-order valence-electron chi connectivity index (χ4n) is 3.69. The summed E-state index contributed by atoms with van der Waals surface area (Å²) in [5, 5.41) is 8.65. The third-order valence-electron chi connectivity index (χ3n) is 5.54. The number of allylic oxidation sites excluding steroid dienone is 1. The van der Waals surface area contributed by atoms with Crippen LogP contribution >= 0.6 is 0 Å².